The van der Waals surface area contributed by atoms with E-state index in [1.54, 1.807) is 6.07 Å². The fraction of sp³-hybridized carbons (Fsp3) is 0.0769. The number of fused-ring (bicyclic) bond motifs is 1. The van der Waals surface area contributed by atoms with Crippen LogP contribution in [0, 0.1) is 11.8 Å². The molecule has 0 unspecified atom stereocenters. The third-order valence-electron chi connectivity index (χ3n) is 2.19. The topological polar surface area (TPSA) is 20.2 Å². The van der Waals surface area contributed by atoms with Crippen LogP contribution in [0.25, 0.3) is 10.8 Å². The van der Waals surface area contributed by atoms with Crippen LogP contribution in [-0.4, -0.2) is 10.4 Å². The number of hydrogen-bond donors (Lipinski definition) is 1. The van der Waals surface area contributed by atoms with Crippen molar-refractivity contribution in [3.63, 3.8) is 0 Å². The number of phenolic OH excluding ortho intramolecular Hbond substituents is 1. The van der Waals surface area contributed by atoms with Crippen LogP contribution in [0.4, 0.5) is 0 Å². The minimum absolute atomic E-state index is 0.301. The average molecular weight is 261 g/mol. The number of hydrogen-bond acceptors (Lipinski definition) is 1. The van der Waals surface area contributed by atoms with Crippen molar-refractivity contribution >= 4 is 26.7 Å². The molecular formula is C13H9BrO. The zero-order valence-electron chi connectivity index (χ0n) is 8.00. The summed E-state index contributed by atoms with van der Waals surface area (Å²) in [6, 6.07) is 11.2. The number of rotatable bonds is 0. The molecule has 0 aromatic heterocycles. The highest BCUT2D eigenvalue weighted by Gasteiger charge is 2.01. The molecule has 0 amide bonds. The molecule has 2 aromatic carbocycles. The van der Waals surface area contributed by atoms with Gasteiger partial charge in [-0.2, -0.15) is 0 Å². The van der Waals surface area contributed by atoms with Crippen LogP contribution < -0.4 is 0 Å². The fourth-order valence-electron chi connectivity index (χ4n) is 1.52. The Balaban J connectivity index is 2.72. The summed E-state index contributed by atoms with van der Waals surface area (Å²) in [6.07, 6.45) is 0. The molecule has 0 spiro atoms. The molecule has 0 heterocycles. The molecular weight excluding hydrogens is 252 g/mol. The molecule has 1 N–H and O–H groups in total. The van der Waals surface area contributed by atoms with Crippen LogP contribution in [0.3, 0.4) is 0 Å². The Bertz CT molecular complexity index is 549. The Morgan fingerprint density at radius 3 is 2.53 bits per heavy atom. The lowest BCUT2D eigenvalue weighted by atomic mass is 10.0. The minimum atomic E-state index is 0.301. The minimum Gasteiger partial charge on any atom is -0.507 e. The van der Waals surface area contributed by atoms with Crippen LogP contribution in [0.2, 0.25) is 0 Å². The zero-order chi connectivity index (χ0) is 10.7. The lowest BCUT2D eigenvalue weighted by Gasteiger charge is -2.02. The van der Waals surface area contributed by atoms with Gasteiger partial charge in [0.1, 0.15) is 5.75 Å². The van der Waals surface area contributed by atoms with Gasteiger partial charge >= 0.3 is 0 Å². The molecule has 0 atom stereocenters. The SMILES string of the molecule is Oc1ccc(C#CCBr)c2ccccc12. The molecule has 2 aromatic rings. The summed E-state index contributed by atoms with van der Waals surface area (Å²) in [5, 5.41) is 12.2. The van der Waals surface area contributed by atoms with E-state index in [0.29, 0.717) is 11.1 Å². The Kier molecular flexibility index (Phi) is 2.94. The second-order valence-electron chi connectivity index (χ2n) is 3.11. The average Bonchev–Trinajstić information content (AvgIpc) is 2.29. The van der Waals surface area contributed by atoms with E-state index < -0.39 is 0 Å². The first-order chi connectivity index (χ1) is 7.33. The van der Waals surface area contributed by atoms with Gasteiger partial charge in [0.05, 0.1) is 5.33 Å². The van der Waals surface area contributed by atoms with Gasteiger partial charge in [-0.25, -0.2) is 0 Å². The normalized spacial score (nSPS) is 9.67. The van der Waals surface area contributed by atoms with E-state index in [-0.39, 0.29) is 0 Å². The predicted molar refractivity (Wildman–Crippen MR) is 66.3 cm³/mol. The Hall–Kier alpha value is -1.46. The van der Waals surface area contributed by atoms with Gasteiger partial charge in [0.2, 0.25) is 0 Å². The van der Waals surface area contributed by atoms with E-state index in [9.17, 15) is 5.11 Å². The van der Waals surface area contributed by atoms with Crippen molar-refractivity contribution in [2.75, 3.05) is 5.33 Å². The molecule has 0 radical (unpaired) electrons. The summed E-state index contributed by atoms with van der Waals surface area (Å²) >= 11 is 3.26. The second kappa shape index (κ2) is 4.37. The van der Waals surface area contributed by atoms with Crippen molar-refractivity contribution in [1.82, 2.24) is 0 Å². The first kappa shape index (κ1) is 10.1. The monoisotopic (exact) mass is 260 g/mol. The molecule has 0 bridgehead atoms. The summed E-state index contributed by atoms with van der Waals surface area (Å²) in [4.78, 5) is 0. The van der Waals surface area contributed by atoms with E-state index in [1.165, 1.54) is 0 Å². The predicted octanol–water partition coefficient (Wildman–Crippen LogP) is 3.29. The Morgan fingerprint density at radius 2 is 1.80 bits per heavy atom. The number of alkyl halides is 1. The standard InChI is InChI=1S/C13H9BrO/c14-9-3-4-10-7-8-13(15)12-6-2-1-5-11(10)12/h1-2,5-8,15H,9H2. The summed E-state index contributed by atoms with van der Waals surface area (Å²) in [6.45, 7) is 0. The van der Waals surface area contributed by atoms with E-state index in [4.69, 9.17) is 0 Å². The molecule has 15 heavy (non-hydrogen) atoms. The van der Waals surface area contributed by atoms with Crippen LogP contribution in [0.5, 0.6) is 5.75 Å². The number of phenols is 1. The maximum atomic E-state index is 9.66. The number of benzene rings is 2. The quantitative estimate of drug-likeness (QED) is 0.570. The zero-order valence-corrected chi connectivity index (χ0v) is 9.58. The van der Waals surface area contributed by atoms with Crippen molar-refractivity contribution < 1.29 is 5.11 Å². The van der Waals surface area contributed by atoms with Gasteiger partial charge in [-0.1, -0.05) is 52.0 Å². The maximum absolute atomic E-state index is 9.66. The van der Waals surface area contributed by atoms with Gasteiger partial charge in [0.25, 0.3) is 0 Å². The van der Waals surface area contributed by atoms with E-state index in [2.05, 4.69) is 27.8 Å². The lowest BCUT2D eigenvalue weighted by Crippen LogP contribution is -1.80. The summed E-state index contributed by atoms with van der Waals surface area (Å²) in [5.41, 5.74) is 0.947. The maximum Gasteiger partial charge on any atom is 0.123 e. The molecule has 0 aliphatic heterocycles. The third kappa shape index (κ3) is 1.98. The smallest absolute Gasteiger partial charge is 0.123 e. The van der Waals surface area contributed by atoms with Gasteiger partial charge in [-0.05, 0) is 12.1 Å². The summed E-state index contributed by atoms with van der Waals surface area (Å²) in [7, 11) is 0. The van der Waals surface area contributed by atoms with Crippen LogP contribution in [0.1, 0.15) is 5.56 Å². The van der Waals surface area contributed by atoms with Crippen molar-refractivity contribution in [2.45, 2.75) is 0 Å². The van der Waals surface area contributed by atoms with E-state index >= 15 is 0 Å². The lowest BCUT2D eigenvalue weighted by molar-refractivity contribution is 0.481. The van der Waals surface area contributed by atoms with Gasteiger partial charge in [0, 0.05) is 16.3 Å². The first-order valence-electron chi connectivity index (χ1n) is 4.58. The van der Waals surface area contributed by atoms with E-state index in [1.807, 2.05) is 30.3 Å². The van der Waals surface area contributed by atoms with Crippen molar-refractivity contribution in [3.8, 4) is 17.6 Å². The number of halogens is 1. The van der Waals surface area contributed by atoms with Crippen molar-refractivity contribution in [1.29, 1.82) is 0 Å². The van der Waals surface area contributed by atoms with Gasteiger partial charge < -0.3 is 5.11 Å². The molecule has 0 saturated heterocycles. The highest BCUT2D eigenvalue weighted by Crippen LogP contribution is 2.26. The van der Waals surface area contributed by atoms with Crippen LogP contribution in [0.15, 0.2) is 36.4 Å². The Morgan fingerprint density at radius 1 is 1.07 bits per heavy atom. The molecule has 0 saturated carbocycles. The van der Waals surface area contributed by atoms with Gasteiger partial charge in [0.15, 0.2) is 0 Å². The van der Waals surface area contributed by atoms with Gasteiger partial charge in [-0.3, -0.25) is 0 Å². The second-order valence-corrected chi connectivity index (χ2v) is 3.67. The highest BCUT2D eigenvalue weighted by molar-refractivity contribution is 9.09. The summed E-state index contributed by atoms with van der Waals surface area (Å²) < 4.78 is 0. The van der Waals surface area contributed by atoms with Crippen LogP contribution >= 0.6 is 15.9 Å². The molecule has 1 nitrogen and oxygen atoms in total. The molecule has 2 heteroatoms. The van der Waals surface area contributed by atoms with Crippen molar-refractivity contribution in [3.05, 3.63) is 42.0 Å². The van der Waals surface area contributed by atoms with Crippen LogP contribution in [-0.2, 0) is 0 Å². The van der Waals surface area contributed by atoms with Gasteiger partial charge in [-0.15, -0.1) is 0 Å². The molecule has 0 aliphatic carbocycles. The van der Waals surface area contributed by atoms with Crippen molar-refractivity contribution in [2.24, 2.45) is 0 Å². The molecule has 0 aliphatic rings. The first-order valence-corrected chi connectivity index (χ1v) is 5.70. The van der Waals surface area contributed by atoms with E-state index in [0.717, 1.165) is 16.3 Å². The highest BCUT2D eigenvalue weighted by atomic mass is 79.9. The molecule has 0 fully saturated rings. The Labute approximate surface area is 96.9 Å². The third-order valence-corrected chi connectivity index (χ3v) is 2.47. The number of aromatic hydroxyl groups is 1. The molecule has 74 valence electrons. The summed E-state index contributed by atoms with van der Waals surface area (Å²) in [5.74, 6) is 6.32. The molecule has 2 rings (SSSR count). The fourth-order valence-corrected chi connectivity index (χ4v) is 1.66. The largest absolute Gasteiger partial charge is 0.507 e.